The van der Waals surface area contributed by atoms with Crippen LogP contribution in [0.25, 0.3) is 0 Å². The van der Waals surface area contributed by atoms with Gasteiger partial charge in [-0.05, 0) is 61.2 Å². The molecular formula is C20H22N2O4. The Morgan fingerprint density at radius 3 is 2.27 bits per heavy atom. The predicted molar refractivity (Wildman–Crippen MR) is 99.3 cm³/mol. The number of nitrogens with one attached hydrogen (secondary N) is 2. The van der Waals surface area contributed by atoms with Gasteiger partial charge in [-0.25, -0.2) is 0 Å². The lowest BCUT2D eigenvalue weighted by Crippen LogP contribution is -2.32. The Hall–Kier alpha value is -3.15. The summed E-state index contributed by atoms with van der Waals surface area (Å²) in [5, 5.41) is 14.0. The van der Waals surface area contributed by atoms with Crippen LogP contribution in [0.4, 0.5) is 5.69 Å². The fourth-order valence-electron chi connectivity index (χ4n) is 2.36. The molecule has 2 aromatic rings. The SMILES string of the molecule is Cc1ccc(C(=O)NCC(=O)Nc2ccc(CCC(=O)O)cc2)cc1C. The second kappa shape index (κ2) is 8.80. The average Bonchev–Trinajstić information content (AvgIpc) is 2.61. The molecule has 0 bridgehead atoms. The van der Waals surface area contributed by atoms with Crippen LogP contribution in [0.1, 0.15) is 33.5 Å². The summed E-state index contributed by atoms with van der Waals surface area (Å²) in [4.78, 5) is 34.6. The van der Waals surface area contributed by atoms with Crippen LogP contribution < -0.4 is 10.6 Å². The van der Waals surface area contributed by atoms with E-state index in [1.165, 1.54) is 0 Å². The normalized spacial score (nSPS) is 10.2. The van der Waals surface area contributed by atoms with Gasteiger partial charge < -0.3 is 15.7 Å². The molecule has 0 aromatic heterocycles. The first kappa shape index (κ1) is 19.2. The molecule has 0 fully saturated rings. The molecule has 0 saturated carbocycles. The van der Waals surface area contributed by atoms with E-state index >= 15 is 0 Å². The van der Waals surface area contributed by atoms with Crippen molar-refractivity contribution in [1.29, 1.82) is 0 Å². The van der Waals surface area contributed by atoms with Gasteiger partial charge in [-0.1, -0.05) is 18.2 Å². The first-order valence-corrected chi connectivity index (χ1v) is 8.31. The quantitative estimate of drug-likeness (QED) is 0.712. The summed E-state index contributed by atoms with van der Waals surface area (Å²) in [5.41, 5.74) is 4.11. The average molecular weight is 354 g/mol. The molecule has 0 spiro atoms. The Labute approximate surface area is 152 Å². The van der Waals surface area contributed by atoms with Crippen molar-refractivity contribution < 1.29 is 19.5 Å². The van der Waals surface area contributed by atoms with E-state index in [0.717, 1.165) is 16.7 Å². The molecule has 0 saturated heterocycles. The number of hydrogen-bond acceptors (Lipinski definition) is 3. The van der Waals surface area contributed by atoms with Crippen molar-refractivity contribution >= 4 is 23.5 Å². The highest BCUT2D eigenvalue weighted by molar-refractivity contribution is 5.99. The van der Waals surface area contributed by atoms with Gasteiger partial charge in [0.2, 0.25) is 5.91 Å². The van der Waals surface area contributed by atoms with E-state index in [9.17, 15) is 14.4 Å². The Balaban J connectivity index is 1.83. The van der Waals surface area contributed by atoms with Crippen LogP contribution in [0, 0.1) is 13.8 Å². The summed E-state index contributed by atoms with van der Waals surface area (Å²) in [5.74, 6) is -1.48. The molecule has 6 heteroatoms. The van der Waals surface area contributed by atoms with Crippen molar-refractivity contribution in [1.82, 2.24) is 5.32 Å². The van der Waals surface area contributed by atoms with Gasteiger partial charge in [0.1, 0.15) is 0 Å². The standard InChI is InChI=1S/C20H22N2O4/c1-13-3-7-16(11-14(13)2)20(26)21-12-18(23)22-17-8-4-15(5-9-17)6-10-19(24)25/h3-5,7-9,11H,6,10,12H2,1-2H3,(H,21,26)(H,22,23)(H,24,25). The maximum Gasteiger partial charge on any atom is 0.303 e. The summed E-state index contributed by atoms with van der Waals surface area (Å²) in [7, 11) is 0. The van der Waals surface area contributed by atoms with Gasteiger partial charge in [0.25, 0.3) is 5.91 Å². The summed E-state index contributed by atoms with van der Waals surface area (Å²) >= 11 is 0. The number of carbonyl (C=O) groups excluding carboxylic acids is 2. The molecular weight excluding hydrogens is 332 g/mol. The summed E-state index contributed by atoms with van der Waals surface area (Å²) < 4.78 is 0. The van der Waals surface area contributed by atoms with Crippen molar-refractivity contribution in [2.24, 2.45) is 0 Å². The number of carboxylic acid groups (broad SMARTS) is 1. The first-order valence-electron chi connectivity index (χ1n) is 8.31. The Bertz CT molecular complexity index is 813. The van der Waals surface area contributed by atoms with E-state index in [2.05, 4.69) is 10.6 Å². The highest BCUT2D eigenvalue weighted by Gasteiger charge is 2.09. The molecule has 0 radical (unpaired) electrons. The third-order valence-corrected chi connectivity index (χ3v) is 4.04. The molecule has 0 aliphatic heterocycles. The number of rotatable bonds is 7. The van der Waals surface area contributed by atoms with E-state index in [-0.39, 0.29) is 24.8 Å². The van der Waals surface area contributed by atoms with E-state index in [0.29, 0.717) is 17.7 Å². The summed E-state index contributed by atoms with van der Waals surface area (Å²) in [6, 6.07) is 12.3. The molecule has 6 nitrogen and oxygen atoms in total. The van der Waals surface area contributed by atoms with Crippen LogP contribution in [0.3, 0.4) is 0 Å². The Kier molecular flexibility index (Phi) is 6.49. The maximum atomic E-state index is 12.1. The first-order chi connectivity index (χ1) is 12.3. The monoisotopic (exact) mass is 354 g/mol. The molecule has 3 N–H and O–H groups in total. The van der Waals surface area contributed by atoms with E-state index in [4.69, 9.17) is 5.11 Å². The number of carbonyl (C=O) groups is 3. The van der Waals surface area contributed by atoms with Crippen molar-refractivity contribution in [3.8, 4) is 0 Å². The van der Waals surface area contributed by atoms with Crippen molar-refractivity contribution in [2.75, 3.05) is 11.9 Å². The van der Waals surface area contributed by atoms with Crippen LogP contribution in [-0.4, -0.2) is 29.4 Å². The van der Waals surface area contributed by atoms with Crippen LogP contribution in [0.15, 0.2) is 42.5 Å². The second-order valence-corrected chi connectivity index (χ2v) is 6.12. The number of amides is 2. The van der Waals surface area contributed by atoms with Gasteiger partial charge in [-0.2, -0.15) is 0 Å². The number of benzene rings is 2. The number of hydrogen-bond donors (Lipinski definition) is 3. The molecule has 0 atom stereocenters. The van der Waals surface area contributed by atoms with Gasteiger partial charge in [0.05, 0.1) is 6.54 Å². The largest absolute Gasteiger partial charge is 0.481 e. The summed E-state index contributed by atoms with van der Waals surface area (Å²) in [6.45, 7) is 3.77. The predicted octanol–water partition coefficient (Wildman–Crippen LogP) is 2.69. The zero-order valence-electron chi connectivity index (χ0n) is 14.8. The van der Waals surface area contributed by atoms with E-state index < -0.39 is 5.97 Å². The molecule has 0 aliphatic rings. The van der Waals surface area contributed by atoms with Gasteiger partial charge in [0.15, 0.2) is 0 Å². The molecule has 0 unspecified atom stereocenters. The van der Waals surface area contributed by atoms with Crippen LogP contribution in [0.5, 0.6) is 0 Å². The zero-order chi connectivity index (χ0) is 19.1. The van der Waals surface area contributed by atoms with Gasteiger partial charge in [-0.15, -0.1) is 0 Å². The maximum absolute atomic E-state index is 12.1. The topological polar surface area (TPSA) is 95.5 Å². The molecule has 2 aromatic carbocycles. The van der Waals surface area contributed by atoms with Gasteiger partial charge in [-0.3, -0.25) is 14.4 Å². The fraction of sp³-hybridized carbons (Fsp3) is 0.250. The number of aliphatic carboxylic acids is 1. The highest BCUT2D eigenvalue weighted by Crippen LogP contribution is 2.11. The minimum atomic E-state index is -0.845. The van der Waals surface area contributed by atoms with Crippen LogP contribution >= 0.6 is 0 Å². The third kappa shape index (κ3) is 5.73. The van der Waals surface area contributed by atoms with Crippen LogP contribution in [0.2, 0.25) is 0 Å². The van der Waals surface area contributed by atoms with Crippen molar-refractivity contribution in [3.63, 3.8) is 0 Å². The molecule has 0 aliphatic carbocycles. The molecule has 26 heavy (non-hydrogen) atoms. The minimum absolute atomic E-state index is 0.0657. The van der Waals surface area contributed by atoms with Gasteiger partial charge in [0, 0.05) is 17.7 Å². The van der Waals surface area contributed by atoms with E-state index in [1.807, 2.05) is 19.9 Å². The smallest absolute Gasteiger partial charge is 0.303 e. The lowest BCUT2D eigenvalue weighted by atomic mass is 10.1. The van der Waals surface area contributed by atoms with E-state index in [1.54, 1.807) is 36.4 Å². The third-order valence-electron chi connectivity index (χ3n) is 4.04. The highest BCUT2D eigenvalue weighted by atomic mass is 16.4. The Morgan fingerprint density at radius 1 is 0.962 bits per heavy atom. The Morgan fingerprint density at radius 2 is 1.65 bits per heavy atom. The molecule has 0 heterocycles. The molecule has 2 rings (SSSR count). The number of anilines is 1. The van der Waals surface area contributed by atoms with Crippen molar-refractivity contribution in [2.45, 2.75) is 26.7 Å². The van der Waals surface area contributed by atoms with Gasteiger partial charge >= 0.3 is 5.97 Å². The number of carboxylic acids is 1. The second-order valence-electron chi connectivity index (χ2n) is 6.12. The summed E-state index contributed by atoms with van der Waals surface area (Å²) in [6.07, 6.45) is 0.506. The van der Waals surface area contributed by atoms with Crippen LogP contribution in [-0.2, 0) is 16.0 Å². The van der Waals surface area contributed by atoms with Crippen molar-refractivity contribution in [3.05, 3.63) is 64.7 Å². The molecule has 2 amide bonds. The molecule has 136 valence electrons. The lowest BCUT2D eigenvalue weighted by molar-refractivity contribution is -0.137. The number of aryl methyl sites for hydroxylation is 3. The lowest BCUT2D eigenvalue weighted by Gasteiger charge is -2.09. The minimum Gasteiger partial charge on any atom is -0.481 e. The fourth-order valence-corrected chi connectivity index (χ4v) is 2.36. The zero-order valence-corrected chi connectivity index (χ0v) is 14.8.